The van der Waals surface area contributed by atoms with Crippen molar-refractivity contribution in [3.63, 3.8) is 0 Å². The number of hydrogen-bond acceptors (Lipinski definition) is 5. The van der Waals surface area contributed by atoms with E-state index in [0.717, 1.165) is 24.3 Å². The molecule has 27 heavy (non-hydrogen) atoms. The molecule has 1 aliphatic rings. The SMILES string of the molecule is CC(=O)CCc1ccc(OC[C@H](O)CNCC2(N(C)C)CCCCC2)cc1. The van der Waals surface area contributed by atoms with Gasteiger partial charge in [0.15, 0.2) is 0 Å². The number of Topliss-reactive ketones (excluding diaryl/α,β-unsaturated/α-hetero) is 1. The number of nitrogens with one attached hydrogen (secondary N) is 1. The Bertz CT molecular complexity index is 565. The first kappa shape index (κ1) is 21.9. The molecule has 1 aromatic rings. The summed E-state index contributed by atoms with van der Waals surface area (Å²) in [6, 6.07) is 7.76. The van der Waals surface area contributed by atoms with E-state index in [1.807, 2.05) is 24.3 Å². The van der Waals surface area contributed by atoms with Gasteiger partial charge in [0.25, 0.3) is 0 Å². The van der Waals surface area contributed by atoms with Crippen LogP contribution in [0.15, 0.2) is 24.3 Å². The lowest BCUT2D eigenvalue weighted by Gasteiger charge is -2.43. The highest BCUT2D eigenvalue weighted by Gasteiger charge is 2.33. The van der Waals surface area contributed by atoms with Crippen LogP contribution in [0.5, 0.6) is 5.75 Å². The molecule has 2 rings (SSSR count). The zero-order valence-corrected chi connectivity index (χ0v) is 17.2. The zero-order chi connectivity index (χ0) is 19.7. The fourth-order valence-electron chi connectivity index (χ4n) is 3.79. The molecule has 5 nitrogen and oxygen atoms in total. The molecule has 1 aromatic carbocycles. The molecule has 0 unspecified atom stereocenters. The monoisotopic (exact) mass is 376 g/mol. The molecule has 0 amide bonds. The van der Waals surface area contributed by atoms with Crippen LogP contribution in [-0.2, 0) is 11.2 Å². The molecule has 1 fully saturated rings. The molecule has 152 valence electrons. The molecule has 2 N–H and O–H groups in total. The van der Waals surface area contributed by atoms with Gasteiger partial charge in [-0.2, -0.15) is 0 Å². The number of aryl methyl sites for hydroxylation is 1. The van der Waals surface area contributed by atoms with Crippen LogP contribution in [0.25, 0.3) is 0 Å². The number of benzene rings is 1. The molecular formula is C22H36N2O3. The maximum Gasteiger partial charge on any atom is 0.130 e. The number of carbonyl (C=O) groups excluding carboxylic acids is 1. The number of aliphatic hydroxyl groups excluding tert-OH is 1. The Kier molecular flexibility index (Phi) is 8.74. The Labute approximate surface area is 164 Å². The number of ether oxygens (including phenoxy) is 1. The van der Waals surface area contributed by atoms with Crippen LogP contribution in [0.1, 0.15) is 51.0 Å². The smallest absolute Gasteiger partial charge is 0.130 e. The van der Waals surface area contributed by atoms with Crippen molar-refractivity contribution < 1.29 is 14.6 Å². The van der Waals surface area contributed by atoms with Crippen molar-refractivity contribution in [3.8, 4) is 5.75 Å². The number of nitrogens with zero attached hydrogens (tertiary/aromatic N) is 1. The number of ketones is 1. The Hall–Kier alpha value is -1.43. The Balaban J connectivity index is 1.69. The van der Waals surface area contributed by atoms with Gasteiger partial charge in [0.1, 0.15) is 24.2 Å². The van der Waals surface area contributed by atoms with Crippen molar-refractivity contribution in [1.82, 2.24) is 10.2 Å². The normalized spacial score (nSPS) is 17.7. The van der Waals surface area contributed by atoms with E-state index in [4.69, 9.17) is 4.74 Å². The first-order valence-electron chi connectivity index (χ1n) is 10.2. The van der Waals surface area contributed by atoms with Crippen LogP contribution in [-0.4, -0.2) is 61.2 Å². The lowest BCUT2D eigenvalue weighted by atomic mass is 9.80. The summed E-state index contributed by atoms with van der Waals surface area (Å²) in [6.45, 7) is 3.32. The maximum absolute atomic E-state index is 11.0. The number of aliphatic hydroxyl groups is 1. The van der Waals surface area contributed by atoms with E-state index < -0.39 is 6.10 Å². The van der Waals surface area contributed by atoms with Gasteiger partial charge >= 0.3 is 0 Å². The van der Waals surface area contributed by atoms with Gasteiger partial charge in [0.05, 0.1) is 0 Å². The van der Waals surface area contributed by atoms with Crippen molar-refractivity contribution in [1.29, 1.82) is 0 Å². The second kappa shape index (κ2) is 10.8. The highest BCUT2D eigenvalue weighted by molar-refractivity contribution is 5.75. The van der Waals surface area contributed by atoms with E-state index in [1.54, 1.807) is 6.92 Å². The van der Waals surface area contributed by atoms with Gasteiger partial charge < -0.3 is 24.9 Å². The predicted octanol–water partition coefficient (Wildman–Crippen LogP) is 2.80. The van der Waals surface area contributed by atoms with Crippen LogP contribution in [0.3, 0.4) is 0 Å². The van der Waals surface area contributed by atoms with E-state index in [9.17, 15) is 9.90 Å². The summed E-state index contributed by atoms with van der Waals surface area (Å²) in [7, 11) is 4.32. The fourth-order valence-corrected chi connectivity index (χ4v) is 3.79. The van der Waals surface area contributed by atoms with Crippen LogP contribution in [0.4, 0.5) is 0 Å². The number of carbonyl (C=O) groups is 1. The van der Waals surface area contributed by atoms with E-state index in [0.29, 0.717) is 13.0 Å². The van der Waals surface area contributed by atoms with E-state index in [-0.39, 0.29) is 17.9 Å². The first-order chi connectivity index (χ1) is 12.9. The van der Waals surface area contributed by atoms with E-state index in [1.165, 1.54) is 32.1 Å². The van der Waals surface area contributed by atoms with Gasteiger partial charge in [0, 0.05) is 25.0 Å². The summed E-state index contributed by atoms with van der Waals surface area (Å²) < 4.78 is 5.70. The van der Waals surface area contributed by atoms with Crippen LogP contribution >= 0.6 is 0 Å². The number of hydrogen-bond donors (Lipinski definition) is 2. The highest BCUT2D eigenvalue weighted by Crippen LogP contribution is 2.31. The fraction of sp³-hybridized carbons (Fsp3) is 0.682. The van der Waals surface area contributed by atoms with Gasteiger partial charge in [-0.15, -0.1) is 0 Å². The number of rotatable bonds is 11. The van der Waals surface area contributed by atoms with Crippen molar-refractivity contribution in [3.05, 3.63) is 29.8 Å². The Morgan fingerprint density at radius 2 is 1.89 bits per heavy atom. The molecule has 0 heterocycles. The number of likely N-dealkylation sites (N-methyl/N-ethyl adjacent to an activating group) is 1. The molecule has 1 aliphatic carbocycles. The van der Waals surface area contributed by atoms with Gasteiger partial charge in [-0.3, -0.25) is 0 Å². The Morgan fingerprint density at radius 1 is 1.22 bits per heavy atom. The lowest BCUT2D eigenvalue weighted by Crippen LogP contribution is -2.53. The minimum atomic E-state index is -0.537. The minimum Gasteiger partial charge on any atom is -0.491 e. The van der Waals surface area contributed by atoms with Gasteiger partial charge in [-0.05, 0) is 58.0 Å². The highest BCUT2D eigenvalue weighted by atomic mass is 16.5. The van der Waals surface area contributed by atoms with E-state index >= 15 is 0 Å². The first-order valence-corrected chi connectivity index (χ1v) is 10.2. The predicted molar refractivity (Wildman–Crippen MR) is 109 cm³/mol. The molecule has 0 aliphatic heterocycles. The Morgan fingerprint density at radius 3 is 2.48 bits per heavy atom. The van der Waals surface area contributed by atoms with Crippen LogP contribution < -0.4 is 10.1 Å². The summed E-state index contributed by atoms with van der Waals surface area (Å²) in [5.41, 5.74) is 1.34. The average molecular weight is 377 g/mol. The molecule has 0 radical (unpaired) electrons. The summed E-state index contributed by atoms with van der Waals surface area (Å²) in [5, 5.41) is 13.7. The van der Waals surface area contributed by atoms with Crippen molar-refractivity contribution >= 4 is 5.78 Å². The summed E-state index contributed by atoms with van der Waals surface area (Å²) in [6.07, 6.45) is 7.13. The second-order valence-electron chi connectivity index (χ2n) is 8.12. The van der Waals surface area contributed by atoms with Gasteiger partial charge in [-0.1, -0.05) is 31.4 Å². The maximum atomic E-state index is 11.0. The molecule has 0 saturated heterocycles. The van der Waals surface area contributed by atoms with Crippen LogP contribution in [0, 0.1) is 0 Å². The molecule has 0 aromatic heterocycles. The molecular weight excluding hydrogens is 340 g/mol. The van der Waals surface area contributed by atoms with E-state index in [2.05, 4.69) is 24.3 Å². The standard InChI is InChI=1S/C22H36N2O3/c1-18(25)7-8-19-9-11-21(12-10-19)27-16-20(26)15-23-17-22(24(2)3)13-5-4-6-14-22/h9-12,20,23,26H,4-8,13-17H2,1-3H3/t20-/m1/s1. The molecule has 1 saturated carbocycles. The molecule has 1 atom stereocenters. The minimum absolute atomic E-state index is 0.204. The third-order valence-electron chi connectivity index (χ3n) is 5.70. The van der Waals surface area contributed by atoms with Crippen molar-refractivity contribution in [2.24, 2.45) is 0 Å². The topological polar surface area (TPSA) is 61.8 Å². The average Bonchev–Trinajstić information content (AvgIpc) is 2.66. The van der Waals surface area contributed by atoms with Crippen molar-refractivity contribution in [2.75, 3.05) is 33.8 Å². The summed E-state index contributed by atoms with van der Waals surface area (Å²) in [5.74, 6) is 0.952. The quantitative estimate of drug-likeness (QED) is 0.622. The van der Waals surface area contributed by atoms with Crippen molar-refractivity contribution in [2.45, 2.75) is 63.5 Å². The van der Waals surface area contributed by atoms with Crippen LogP contribution in [0.2, 0.25) is 0 Å². The third kappa shape index (κ3) is 7.24. The summed E-state index contributed by atoms with van der Waals surface area (Å²) >= 11 is 0. The zero-order valence-electron chi connectivity index (χ0n) is 17.2. The largest absolute Gasteiger partial charge is 0.491 e. The second-order valence-corrected chi connectivity index (χ2v) is 8.12. The molecule has 0 bridgehead atoms. The molecule has 0 spiro atoms. The third-order valence-corrected chi connectivity index (χ3v) is 5.70. The van der Waals surface area contributed by atoms with Gasteiger partial charge in [0.2, 0.25) is 0 Å². The summed E-state index contributed by atoms with van der Waals surface area (Å²) in [4.78, 5) is 13.4. The molecule has 5 heteroatoms. The van der Waals surface area contributed by atoms with Gasteiger partial charge in [-0.25, -0.2) is 0 Å². The lowest BCUT2D eigenvalue weighted by molar-refractivity contribution is -0.116.